The topological polar surface area (TPSA) is 59.7 Å². The molecule has 3 heterocycles. The zero-order valence-corrected chi connectivity index (χ0v) is 17.6. The number of hydrogen-bond acceptors (Lipinski definition) is 4. The second kappa shape index (κ2) is 6.28. The first-order valence-electron chi connectivity index (χ1n) is 9.92. The Morgan fingerprint density at radius 1 is 1.36 bits per heavy atom. The van der Waals surface area contributed by atoms with Gasteiger partial charge in [0.15, 0.2) is 11.9 Å². The lowest BCUT2D eigenvalue weighted by Gasteiger charge is -2.65. The van der Waals surface area contributed by atoms with Gasteiger partial charge in [0.1, 0.15) is 6.10 Å². The van der Waals surface area contributed by atoms with E-state index in [0.717, 1.165) is 0 Å². The normalized spacial score (nSPS) is 27.1. The van der Waals surface area contributed by atoms with Crippen LogP contribution in [-0.2, 0) is 6.50 Å². The number of carbonyl (C=O) groups excluding carboxylic acids is 1. The molecule has 0 saturated heterocycles. The molecule has 0 atom stereocenters. The van der Waals surface area contributed by atoms with Crippen LogP contribution in [0.25, 0.3) is 4.85 Å². The second-order valence-electron chi connectivity index (χ2n) is 8.34. The second-order valence-corrected chi connectivity index (χ2v) is 9.19. The maximum absolute atomic E-state index is 13.2. The van der Waals surface area contributed by atoms with Crippen LogP contribution in [0.4, 0.5) is 5.82 Å². The smallest absolute Gasteiger partial charge is 0.284 e. The Labute approximate surface area is 175 Å². The van der Waals surface area contributed by atoms with Gasteiger partial charge in [-0.15, -0.1) is 4.98 Å². The van der Waals surface area contributed by atoms with Crippen LogP contribution in [0.5, 0.6) is 5.75 Å². The molecule has 0 spiro atoms. The molecule has 4 rings (SSSR count). The summed E-state index contributed by atoms with van der Waals surface area (Å²) in [5.74, 6) is 0.426. The minimum absolute atomic E-state index is 0.259. The van der Waals surface area contributed by atoms with Crippen LogP contribution < -0.4 is 4.74 Å². The molecule has 0 bridgehead atoms. The summed E-state index contributed by atoms with van der Waals surface area (Å²) >= 11 is 3.33. The Morgan fingerprint density at radius 3 is 2.68 bits per heavy atom. The van der Waals surface area contributed by atoms with Crippen LogP contribution >= 0.6 is 15.9 Å². The average molecular weight is 443 g/mol. The van der Waals surface area contributed by atoms with E-state index in [-0.39, 0.29) is 17.8 Å². The Morgan fingerprint density at radius 2 is 2.07 bits per heavy atom. The largest absolute Gasteiger partial charge is 0.485 e. The maximum atomic E-state index is 13.2. The zero-order chi connectivity index (χ0) is 22.1. The highest BCUT2D eigenvalue weighted by Gasteiger charge is 2.67. The molecule has 144 valence electrons. The van der Waals surface area contributed by atoms with E-state index in [9.17, 15) is 4.79 Å². The van der Waals surface area contributed by atoms with Crippen molar-refractivity contribution >= 4 is 27.7 Å². The van der Waals surface area contributed by atoms with Gasteiger partial charge in [0, 0.05) is 40.2 Å². The third-order valence-electron chi connectivity index (χ3n) is 5.69. The average Bonchev–Trinajstić information content (AvgIpc) is 2.87. The van der Waals surface area contributed by atoms with Crippen molar-refractivity contribution in [3.05, 3.63) is 57.7 Å². The van der Waals surface area contributed by atoms with Gasteiger partial charge in [-0.3, -0.25) is 9.78 Å². The van der Waals surface area contributed by atoms with E-state index in [4.69, 9.17) is 14.1 Å². The number of carbonyl (C=O) groups is 1. The molecule has 0 radical (unpaired) electrons. The number of amides is 1. The van der Waals surface area contributed by atoms with E-state index in [1.807, 2.05) is 27.7 Å². The van der Waals surface area contributed by atoms with E-state index in [1.54, 1.807) is 12.1 Å². The first kappa shape index (κ1) is 16.5. The fourth-order valence-corrected chi connectivity index (χ4v) is 5.34. The van der Waals surface area contributed by atoms with Gasteiger partial charge < -0.3 is 14.5 Å². The van der Waals surface area contributed by atoms with Crippen molar-refractivity contribution in [3.8, 4) is 5.75 Å². The molecule has 1 aliphatic carbocycles. The summed E-state index contributed by atoms with van der Waals surface area (Å²) in [5, 5.41) is 0. The zero-order valence-electron chi connectivity index (χ0n) is 18.0. The van der Waals surface area contributed by atoms with E-state index < -0.39 is 23.4 Å². The van der Waals surface area contributed by atoms with Crippen molar-refractivity contribution in [2.24, 2.45) is 10.8 Å². The highest BCUT2D eigenvalue weighted by Crippen LogP contribution is 2.59. The van der Waals surface area contributed by atoms with Crippen LogP contribution in [0, 0.1) is 17.4 Å². The van der Waals surface area contributed by atoms with Crippen molar-refractivity contribution in [3.63, 3.8) is 0 Å². The fraction of sp³-hybridized carbons (Fsp3) is 0.429. The summed E-state index contributed by atoms with van der Waals surface area (Å²) in [6.07, 6.45) is 4.16. The number of aromatic nitrogens is 2. The number of hydrogen-bond donors (Lipinski definition) is 0. The van der Waals surface area contributed by atoms with Gasteiger partial charge in [-0.05, 0) is 17.7 Å². The van der Waals surface area contributed by atoms with Crippen molar-refractivity contribution in [1.82, 2.24) is 14.9 Å². The summed E-state index contributed by atoms with van der Waals surface area (Å²) in [5.41, 5.74) is -0.414. The fourth-order valence-electron chi connectivity index (χ4n) is 4.93. The minimum atomic E-state index is -1.93. The highest BCUT2D eigenvalue weighted by atomic mass is 79.9. The van der Waals surface area contributed by atoms with Crippen LogP contribution in [0.1, 0.15) is 46.4 Å². The van der Waals surface area contributed by atoms with Crippen LogP contribution in [0.15, 0.2) is 35.2 Å². The van der Waals surface area contributed by atoms with E-state index in [2.05, 4.69) is 30.7 Å². The molecule has 1 aliphatic heterocycles. The maximum Gasteiger partial charge on any atom is 0.284 e. The van der Waals surface area contributed by atoms with Gasteiger partial charge in [0.2, 0.25) is 0 Å². The molecule has 0 aromatic carbocycles. The van der Waals surface area contributed by atoms with Crippen molar-refractivity contribution < 1.29 is 12.3 Å². The lowest BCUT2D eigenvalue weighted by atomic mass is 9.49. The van der Waals surface area contributed by atoms with Gasteiger partial charge in [-0.2, -0.15) is 0 Å². The molecule has 1 fully saturated rings. The van der Waals surface area contributed by atoms with E-state index >= 15 is 0 Å². The van der Waals surface area contributed by atoms with Gasteiger partial charge in [-0.1, -0.05) is 50.2 Å². The minimum Gasteiger partial charge on any atom is -0.485 e. The monoisotopic (exact) mass is 442 g/mol. The Balaban J connectivity index is 1.67. The van der Waals surface area contributed by atoms with Gasteiger partial charge >= 0.3 is 0 Å². The molecular weight excluding hydrogens is 420 g/mol. The lowest BCUT2D eigenvalue weighted by molar-refractivity contribution is -0.199. The quantitative estimate of drug-likeness (QED) is 0.650. The summed E-state index contributed by atoms with van der Waals surface area (Å²) in [7, 11) is 0. The first-order valence-corrected chi connectivity index (χ1v) is 9.71. The molecule has 0 N–H and O–H groups in total. The summed E-state index contributed by atoms with van der Waals surface area (Å²) in [4.78, 5) is 26.0. The van der Waals surface area contributed by atoms with Crippen molar-refractivity contribution in [1.29, 1.82) is 0 Å². The third-order valence-corrected chi connectivity index (χ3v) is 6.27. The predicted octanol–water partition coefficient (Wildman–Crippen LogP) is 4.63. The van der Waals surface area contributed by atoms with E-state index in [1.165, 1.54) is 23.5 Å². The Kier molecular flexibility index (Phi) is 3.70. The molecule has 2 aromatic rings. The molecule has 7 heteroatoms. The Hall–Kier alpha value is -2.46. The molecule has 6 nitrogen and oxygen atoms in total. The number of rotatable bonds is 3. The number of nitrogens with zero attached hydrogens (tertiary/aromatic N) is 4. The lowest BCUT2D eigenvalue weighted by Crippen LogP contribution is -2.74. The van der Waals surface area contributed by atoms with Crippen molar-refractivity contribution in [2.45, 2.75) is 46.3 Å². The summed E-state index contributed by atoms with van der Waals surface area (Å²) < 4.78 is 24.2. The molecule has 0 unspecified atom stereocenters. The number of pyridine rings is 2. The summed E-state index contributed by atoms with van der Waals surface area (Å²) in [6.45, 7) is 13.1. The first-order chi connectivity index (χ1) is 13.9. The molecule has 2 aromatic heterocycles. The molecule has 1 amide bonds. The van der Waals surface area contributed by atoms with E-state index in [0.29, 0.717) is 21.3 Å². The SMILES string of the molecule is [2H]C1([2H])c2ccncc2C(=O)N1C1C(C)(C)C(Oc2cnc([N+]#[C-])c(Br)c2)C1(C)C. The molecule has 1 saturated carbocycles. The summed E-state index contributed by atoms with van der Waals surface area (Å²) in [6, 6.07) is 2.88. The molecule has 2 aliphatic rings. The van der Waals surface area contributed by atoms with Crippen molar-refractivity contribution in [2.75, 3.05) is 0 Å². The van der Waals surface area contributed by atoms with Gasteiger partial charge in [0.05, 0.1) is 8.30 Å². The highest BCUT2D eigenvalue weighted by molar-refractivity contribution is 9.10. The van der Waals surface area contributed by atoms with Crippen LogP contribution in [0.3, 0.4) is 0 Å². The van der Waals surface area contributed by atoms with Gasteiger partial charge in [0.25, 0.3) is 11.7 Å². The standard InChI is InChI=1S/C21H21BrN4O2/c1-20(2)18(26-11-12-6-7-24-10-14(12)17(26)27)21(3,4)19(20)28-13-8-15(22)16(23-5)25-9-13/h6-10,18-19H,11H2,1-4H3/i11D2. The molecule has 28 heavy (non-hydrogen) atoms. The predicted molar refractivity (Wildman–Crippen MR) is 108 cm³/mol. The van der Waals surface area contributed by atoms with Crippen LogP contribution in [-0.4, -0.2) is 32.9 Å². The van der Waals surface area contributed by atoms with Crippen LogP contribution in [0.2, 0.25) is 0 Å². The molecular formula is C21H21BrN4O2. The number of ether oxygens (including phenoxy) is 1. The number of fused-ring (bicyclic) bond motifs is 1. The third kappa shape index (κ3) is 2.62. The van der Waals surface area contributed by atoms with Gasteiger partial charge in [-0.25, -0.2) is 0 Å². The number of halogens is 1. The Bertz CT molecular complexity index is 1080.